The molecular weight excluding hydrogens is 428 g/mol. The minimum absolute atomic E-state index is 0.00750. The summed E-state index contributed by atoms with van der Waals surface area (Å²) in [6.45, 7) is -0.442. The van der Waals surface area contributed by atoms with Crippen molar-refractivity contribution < 1.29 is 33.7 Å². The number of carboxylic acids is 1. The van der Waals surface area contributed by atoms with Gasteiger partial charge in [-0.05, 0) is 41.8 Å². The van der Waals surface area contributed by atoms with E-state index in [2.05, 4.69) is 5.27 Å². The van der Waals surface area contributed by atoms with Crippen molar-refractivity contribution >= 4 is 17.6 Å². The molecule has 0 unspecified atom stereocenters. The van der Waals surface area contributed by atoms with Crippen LogP contribution < -0.4 is 19.4 Å². The third kappa shape index (κ3) is 5.22. The van der Waals surface area contributed by atoms with E-state index >= 15 is 0 Å². The normalized spacial score (nSPS) is 12.9. The van der Waals surface area contributed by atoms with Crippen LogP contribution >= 0.6 is 0 Å². The molecule has 1 aliphatic rings. The molecule has 1 aromatic heterocycles. The van der Waals surface area contributed by atoms with Crippen molar-refractivity contribution in [3.8, 4) is 17.4 Å². The zero-order valence-electron chi connectivity index (χ0n) is 18.1. The van der Waals surface area contributed by atoms with E-state index in [0.717, 1.165) is 12.8 Å². The molecule has 33 heavy (non-hydrogen) atoms. The highest BCUT2D eigenvalue weighted by atomic mass is 16.6. The lowest BCUT2D eigenvalue weighted by atomic mass is 10.2. The minimum atomic E-state index is -1.04. The van der Waals surface area contributed by atoms with Crippen LogP contribution in [0.25, 0.3) is 5.69 Å². The van der Waals surface area contributed by atoms with Gasteiger partial charge in [-0.15, -0.1) is 0 Å². The highest BCUT2D eigenvalue weighted by Gasteiger charge is 2.36. The van der Waals surface area contributed by atoms with Gasteiger partial charge in [0.05, 0.1) is 18.9 Å². The van der Waals surface area contributed by atoms with Gasteiger partial charge in [0, 0.05) is 23.9 Å². The summed E-state index contributed by atoms with van der Waals surface area (Å²) in [5, 5.41) is 25.6. The standard InChI is InChI=1S/C23H24N4O6/c1-32-19-11-9-18(10-12-19)27-20(23(31)33-24-27)13-26(17-7-8-17)21(28)14-25(15-22(29)30)16-5-3-2-4-6-16/h2-6,9-12,17H,7-8,13-15H2,1H3,(H-,24,29,30,31). The van der Waals surface area contributed by atoms with E-state index in [1.165, 1.54) is 9.58 Å². The van der Waals surface area contributed by atoms with Crippen molar-refractivity contribution in [1.29, 1.82) is 0 Å². The van der Waals surface area contributed by atoms with E-state index in [9.17, 15) is 19.8 Å². The lowest BCUT2D eigenvalue weighted by Crippen LogP contribution is -2.46. The molecule has 1 fully saturated rings. The average molecular weight is 452 g/mol. The Morgan fingerprint density at radius 1 is 1.15 bits per heavy atom. The summed E-state index contributed by atoms with van der Waals surface area (Å²) in [5.74, 6) is -1.29. The highest BCUT2D eigenvalue weighted by Crippen LogP contribution is 2.30. The number of aromatic nitrogens is 2. The molecule has 1 amide bonds. The molecule has 2 aromatic carbocycles. The summed E-state index contributed by atoms with van der Waals surface area (Å²) in [7, 11) is 1.56. The van der Waals surface area contributed by atoms with E-state index in [-0.39, 0.29) is 37.3 Å². The lowest BCUT2D eigenvalue weighted by Gasteiger charge is -2.27. The second-order valence-corrected chi connectivity index (χ2v) is 7.76. The number of ether oxygens (including phenoxy) is 1. The zero-order chi connectivity index (χ0) is 23.4. The van der Waals surface area contributed by atoms with Crippen LogP contribution in [0.2, 0.25) is 0 Å². The van der Waals surface area contributed by atoms with Gasteiger partial charge in [-0.25, -0.2) is 0 Å². The number of carbonyl (C=O) groups excluding carboxylic acids is 1. The zero-order valence-corrected chi connectivity index (χ0v) is 18.1. The smallest absolute Gasteiger partial charge is 0.323 e. The van der Waals surface area contributed by atoms with Crippen molar-refractivity contribution in [3.05, 3.63) is 60.3 Å². The van der Waals surface area contributed by atoms with Crippen molar-refractivity contribution in [2.24, 2.45) is 0 Å². The first-order valence-corrected chi connectivity index (χ1v) is 10.5. The van der Waals surface area contributed by atoms with Crippen LogP contribution in [-0.2, 0) is 16.1 Å². The molecule has 0 aliphatic heterocycles. The van der Waals surface area contributed by atoms with Crippen LogP contribution in [0.15, 0.2) is 59.1 Å². The summed E-state index contributed by atoms with van der Waals surface area (Å²) < 4.78 is 11.4. The fourth-order valence-corrected chi connectivity index (χ4v) is 3.59. The third-order valence-corrected chi connectivity index (χ3v) is 5.42. The van der Waals surface area contributed by atoms with Gasteiger partial charge in [-0.1, -0.05) is 18.2 Å². The predicted octanol–water partition coefficient (Wildman–Crippen LogP) is 1.12. The molecular formula is C23H24N4O6. The van der Waals surface area contributed by atoms with E-state index in [0.29, 0.717) is 17.1 Å². The molecule has 172 valence electrons. The van der Waals surface area contributed by atoms with E-state index in [4.69, 9.17) is 9.26 Å². The Hall–Kier alpha value is -4.08. The number of nitrogens with zero attached hydrogens (tertiary/aromatic N) is 4. The molecule has 3 aromatic rings. The Morgan fingerprint density at radius 3 is 2.45 bits per heavy atom. The third-order valence-electron chi connectivity index (χ3n) is 5.42. The van der Waals surface area contributed by atoms with Crippen LogP contribution in [-0.4, -0.2) is 53.4 Å². The van der Waals surface area contributed by atoms with Crippen molar-refractivity contribution in [2.45, 2.75) is 25.4 Å². The fraction of sp³-hybridized carbons (Fsp3) is 0.304. The summed E-state index contributed by atoms with van der Waals surface area (Å²) >= 11 is 0. The van der Waals surface area contributed by atoms with Crippen molar-refractivity contribution in [2.75, 3.05) is 25.1 Å². The van der Waals surface area contributed by atoms with Gasteiger partial charge in [0.2, 0.25) is 11.6 Å². The number of carbonyl (C=O) groups is 2. The molecule has 0 bridgehead atoms. The van der Waals surface area contributed by atoms with Crippen molar-refractivity contribution in [1.82, 2.24) is 10.2 Å². The summed E-state index contributed by atoms with van der Waals surface area (Å²) in [6, 6.07) is 15.8. The van der Waals surface area contributed by atoms with Crippen LogP contribution in [0.5, 0.6) is 11.7 Å². The highest BCUT2D eigenvalue weighted by molar-refractivity contribution is 5.84. The Balaban J connectivity index is 1.56. The van der Waals surface area contributed by atoms with E-state index in [1.54, 1.807) is 60.5 Å². The number of hydrogen-bond donors (Lipinski definition) is 1. The van der Waals surface area contributed by atoms with E-state index < -0.39 is 11.9 Å². The average Bonchev–Trinajstić information content (AvgIpc) is 3.60. The second-order valence-electron chi connectivity index (χ2n) is 7.76. The molecule has 1 saturated carbocycles. The summed E-state index contributed by atoms with van der Waals surface area (Å²) in [4.78, 5) is 27.8. The molecule has 4 rings (SSSR count). The monoisotopic (exact) mass is 452 g/mol. The van der Waals surface area contributed by atoms with Crippen LogP contribution in [0.1, 0.15) is 18.5 Å². The number of rotatable bonds is 10. The quantitative estimate of drug-likeness (QED) is 0.454. The number of para-hydroxylation sites is 1. The van der Waals surface area contributed by atoms with Gasteiger partial charge in [0.1, 0.15) is 18.8 Å². The molecule has 0 radical (unpaired) electrons. The second kappa shape index (κ2) is 9.60. The number of aliphatic carboxylic acids is 1. The van der Waals surface area contributed by atoms with Gasteiger partial charge < -0.3 is 29.3 Å². The number of benzene rings is 2. The topological polar surface area (TPSA) is 123 Å². The van der Waals surface area contributed by atoms with Crippen LogP contribution in [0.3, 0.4) is 0 Å². The molecule has 1 heterocycles. The number of methoxy groups -OCH3 is 1. The number of carboxylic acid groups (broad SMARTS) is 1. The van der Waals surface area contributed by atoms with Gasteiger partial charge in [-0.3, -0.25) is 9.59 Å². The first-order valence-electron chi connectivity index (χ1n) is 10.5. The van der Waals surface area contributed by atoms with Gasteiger partial charge in [0.15, 0.2) is 5.95 Å². The van der Waals surface area contributed by atoms with Gasteiger partial charge >= 0.3 is 5.97 Å². The first kappa shape index (κ1) is 22.1. The number of hydrogen-bond acceptors (Lipinski definition) is 7. The maximum Gasteiger partial charge on any atom is 0.323 e. The molecule has 1 aliphatic carbocycles. The number of amides is 1. The summed E-state index contributed by atoms with van der Waals surface area (Å²) in [6.07, 6.45) is 1.63. The van der Waals surface area contributed by atoms with Gasteiger partial charge in [0.25, 0.3) is 5.69 Å². The Morgan fingerprint density at radius 2 is 1.85 bits per heavy atom. The molecule has 1 N–H and O–H groups in total. The summed E-state index contributed by atoms with van der Waals surface area (Å²) in [5.41, 5.74) is 1.44. The minimum Gasteiger partial charge on any atom is -0.539 e. The van der Waals surface area contributed by atoms with Gasteiger partial charge in [-0.2, -0.15) is 0 Å². The van der Waals surface area contributed by atoms with Crippen LogP contribution in [0, 0.1) is 0 Å². The van der Waals surface area contributed by atoms with Crippen LogP contribution in [0.4, 0.5) is 5.69 Å². The predicted molar refractivity (Wildman–Crippen MR) is 114 cm³/mol. The Labute approximate surface area is 190 Å². The lowest BCUT2D eigenvalue weighted by molar-refractivity contribution is -0.678. The molecule has 0 spiro atoms. The largest absolute Gasteiger partial charge is 0.539 e. The van der Waals surface area contributed by atoms with Crippen molar-refractivity contribution in [3.63, 3.8) is 0 Å². The number of anilines is 1. The SMILES string of the molecule is COc1ccc(-[n+]2noc([O-])c2CN(C(=O)CN(CC(=O)O)c2ccccc2)C2CC2)cc1. The van der Waals surface area contributed by atoms with E-state index in [1.807, 2.05) is 6.07 Å². The molecule has 0 atom stereocenters. The Bertz CT molecular complexity index is 1110. The molecule has 10 heteroatoms. The Kier molecular flexibility index (Phi) is 6.43. The fourth-order valence-electron chi connectivity index (χ4n) is 3.59. The maximum atomic E-state index is 13.3. The first-order chi connectivity index (χ1) is 16.0. The maximum absolute atomic E-state index is 13.3. The molecule has 0 saturated heterocycles. The molecule has 10 nitrogen and oxygen atoms in total.